The zero-order valence-electron chi connectivity index (χ0n) is 11.1. The molecule has 0 atom stereocenters. The largest absolute Gasteiger partial charge is 0.488 e. The van der Waals surface area contributed by atoms with Crippen molar-refractivity contribution >= 4 is 33.8 Å². The molecule has 0 amide bonds. The van der Waals surface area contributed by atoms with E-state index < -0.39 is 0 Å². The molecule has 0 bridgehead atoms. The van der Waals surface area contributed by atoms with Crippen molar-refractivity contribution in [3.63, 3.8) is 0 Å². The Morgan fingerprint density at radius 3 is 2.50 bits per heavy atom. The molecule has 0 unspecified atom stereocenters. The first-order chi connectivity index (χ1) is 9.75. The molecule has 0 aliphatic heterocycles. The van der Waals surface area contributed by atoms with E-state index in [1.54, 1.807) is 0 Å². The molecule has 3 heteroatoms. The standard InChI is InChI=1S/C17H16BrNO/c18-15-10-16(20-11-12-6-2-1-3-7-12)13-8-4-5-9-14(13)17(15)19/h1-3,6-10H,4-5,11,19H2. The highest BCUT2D eigenvalue weighted by atomic mass is 79.9. The normalized spacial score (nSPS) is 13.1. The summed E-state index contributed by atoms with van der Waals surface area (Å²) in [5.74, 6) is 0.890. The summed E-state index contributed by atoms with van der Waals surface area (Å²) < 4.78 is 6.88. The summed E-state index contributed by atoms with van der Waals surface area (Å²) >= 11 is 3.51. The smallest absolute Gasteiger partial charge is 0.128 e. The van der Waals surface area contributed by atoms with Crippen LogP contribution in [0.4, 0.5) is 5.69 Å². The predicted octanol–water partition coefficient (Wildman–Crippen LogP) is 2.97. The van der Waals surface area contributed by atoms with Gasteiger partial charge in [-0.25, -0.2) is 0 Å². The van der Waals surface area contributed by atoms with E-state index in [0.717, 1.165) is 44.8 Å². The van der Waals surface area contributed by atoms with Gasteiger partial charge >= 0.3 is 0 Å². The summed E-state index contributed by atoms with van der Waals surface area (Å²) in [7, 11) is 0. The van der Waals surface area contributed by atoms with E-state index in [2.05, 4.69) is 40.2 Å². The quantitative estimate of drug-likeness (QED) is 0.878. The number of fused-ring (bicyclic) bond motifs is 1. The maximum Gasteiger partial charge on any atom is 0.128 e. The van der Waals surface area contributed by atoms with E-state index in [-0.39, 0.29) is 0 Å². The number of ether oxygens (including phenoxy) is 1. The highest BCUT2D eigenvalue weighted by molar-refractivity contribution is 9.10. The fourth-order valence-electron chi connectivity index (χ4n) is 2.42. The Bertz CT molecular complexity index is 738. The van der Waals surface area contributed by atoms with Crippen LogP contribution >= 0.6 is 15.9 Å². The molecule has 3 rings (SSSR count). The molecule has 20 heavy (non-hydrogen) atoms. The van der Waals surface area contributed by atoms with Gasteiger partial charge in [-0.1, -0.05) is 42.5 Å². The molecule has 102 valence electrons. The van der Waals surface area contributed by atoms with Crippen LogP contribution in [0.5, 0.6) is 5.75 Å². The van der Waals surface area contributed by atoms with Crippen molar-refractivity contribution in [2.45, 2.75) is 19.4 Å². The number of hydrogen-bond donors (Lipinski definition) is 1. The molecule has 0 fully saturated rings. The van der Waals surface area contributed by atoms with Crippen molar-refractivity contribution in [1.29, 1.82) is 0 Å². The number of hydrogen-bond acceptors (Lipinski definition) is 2. The van der Waals surface area contributed by atoms with E-state index in [0.29, 0.717) is 6.61 Å². The van der Waals surface area contributed by atoms with Crippen LogP contribution in [0.25, 0.3) is 12.2 Å². The molecule has 0 heterocycles. The van der Waals surface area contributed by atoms with E-state index in [9.17, 15) is 0 Å². The van der Waals surface area contributed by atoms with Crippen LogP contribution in [0, 0.1) is 0 Å². The molecule has 0 saturated heterocycles. The van der Waals surface area contributed by atoms with Crippen molar-refractivity contribution in [3.8, 4) is 5.75 Å². The maximum atomic E-state index is 6.13. The number of anilines is 1. The summed E-state index contributed by atoms with van der Waals surface area (Å²) in [6, 6.07) is 12.1. The zero-order valence-corrected chi connectivity index (χ0v) is 12.7. The Morgan fingerprint density at radius 1 is 1.05 bits per heavy atom. The zero-order chi connectivity index (χ0) is 13.9. The van der Waals surface area contributed by atoms with Crippen molar-refractivity contribution in [1.82, 2.24) is 0 Å². The maximum absolute atomic E-state index is 6.13. The first-order valence-electron chi connectivity index (χ1n) is 6.71. The highest BCUT2D eigenvalue weighted by Crippen LogP contribution is 2.20. The Hall–Kier alpha value is -1.74. The molecule has 2 N–H and O–H groups in total. The molecular formula is C17H16BrNO. The van der Waals surface area contributed by atoms with Crippen molar-refractivity contribution < 1.29 is 4.74 Å². The molecule has 2 aromatic carbocycles. The Balaban J connectivity index is 1.97. The second-order valence-corrected chi connectivity index (χ2v) is 5.71. The minimum absolute atomic E-state index is 0.567. The SMILES string of the molecule is Nc1c(Br)cc(OCc2ccccc2)c2c1=CCCC=2. The first-order valence-corrected chi connectivity index (χ1v) is 7.50. The third kappa shape index (κ3) is 2.59. The fourth-order valence-corrected chi connectivity index (χ4v) is 2.84. The van der Waals surface area contributed by atoms with Gasteiger partial charge in [0.25, 0.3) is 0 Å². The highest BCUT2D eigenvalue weighted by Gasteiger charge is 2.08. The number of nitrogen functional groups attached to an aromatic ring is 1. The molecule has 1 aliphatic carbocycles. The predicted molar refractivity (Wildman–Crippen MR) is 86.7 cm³/mol. The Morgan fingerprint density at radius 2 is 1.75 bits per heavy atom. The first kappa shape index (κ1) is 13.3. The molecule has 0 radical (unpaired) electrons. The lowest BCUT2D eigenvalue weighted by Gasteiger charge is -2.12. The van der Waals surface area contributed by atoms with Crippen molar-refractivity contribution in [3.05, 3.63) is 56.9 Å². The van der Waals surface area contributed by atoms with Crippen LogP contribution in [0.3, 0.4) is 0 Å². The van der Waals surface area contributed by atoms with Gasteiger partial charge in [0.05, 0.1) is 5.69 Å². The van der Waals surface area contributed by atoms with E-state index in [1.807, 2.05) is 24.3 Å². The fraction of sp³-hybridized carbons (Fsp3) is 0.176. The Labute approximate surface area is 126 Å². The number of benzene rings is 2. The van der Waals surface area contributed by atoms with E-state index in [4.69, 9.17) is 10.5 Å². The van der Waals surface area contributed by atoms with Crippen molar-refractivity contribution in [2.75, 3.05) is 5.73 Å². The third-order valence-electron chi connectivity index (χ3n) is 3.46. The van der Waals surface area contributed by atoms with Gasteiger partial charge in [0, 0.05) is 14.9 Å². The molecule has 0 spiro atoms. The molecule has 0 saturated carbocycles. The van der Waals surface area contributed by atoms with Gasteiger partial charge in [0.15, 0.2) is 0 Å². The third-order valence-corrected chi connectivity index (χ3v) is 4.12. The van der Waals surface area contributed by atoms with Crippen LogP contribution in [0.1, 0.15) is 18.4 Å². The van der Waals surface area contributed by atoms with Crippen LogP contribution < -0.4 is 20.9 Å². The second kappa shape index (κ2) is 5.71. The molecular weight excluding hydrogens is 314 g/mol. The van der Waals surface area contributed by atoms with Crippen molar-refractivity contribution in [2.24, 2.45) is 0 Å². The van der Waals surface area contributed by atoms with Gasteiger partial charge in [-0.15, -0.1) is 0 Å². The molecule has 2 aromatic rings. The minimum Gasteiger partial charge on any atom is -0.488 e. The lowest BCUT2D eigenvalue weighted by Crippen LogP contribution is -2.31. The van der Waals surface area contributed by atoms with Gasteiger partial charge in [0.2, 0.25) is 0 Å². The Kier molecular flexibility index (Phi) is 3.79. The van der Waals surface area contributed by atoms with Crippen LogP contribution in [-0.2, 0) is 6.61 Å². The average Bonchev–Trinajstić information content (AvgIpc) is 2.50. The van der Waals surface area contributed by atoms with Gasteiger partial charge in [-0.3, -0.25) is 0 Å². The van der Waals surface area contributed by atoms with Crippen LogP contribution in [-0.4, -0.2) is 0 Å². The van der Waals surface area contributed by atoms with Gasteiger partial charge in [-0.2, -0.15) is 0 Å². The van der Waals surface area contributed by atoms with Crippen LogP contribution in [0.2, 0.25) is 0 Å². The summed E-state index contributed by atoms with van der Waals surface area (Å²) in [5, 5.41) is 2.21. The molecule has 2 nitrogen and oxygen atoms in total. The van der Waals surface area contributed by atoms with E-state index in [1.165, 1.54) is 0 Å². The number of rotatable bonds is 3. The minimum atomic E-state index is 0.567. The summed E-state index contributed by atoms with van der Waals surface area (Å²) in [6.07, 6.45) is 6.46. The molecule has 1 aliphatic rings. The summed E-state index contributed by atoms with van der Waals surface area (Å²) in [4.78, 5) is 0. The number of halogens is 1. The van der Waals surface area contributed by atoms with Gasteiger partial charge in [-0.05, 0) is 40.4 Å². The van der Waals surface area contributed by atoms with Crippen LogP contribution in [0.15, 0.2) is 40.9 Å². The summed E-state index contributed by atoms with van der Waals surface area (Å²) in [5.41, 5.74) is 8.08. The second-order valence-electron chi connectivity index (χ2n) is 4.86. The number of nitrogens with two attached hydrogens (primary N) is 1. The lowest BCUT2D eigenvalue weighted by atomic mass is 10.1. The monoisotopic (exact) mass is 329 g/mol. The summed E-state index contributed by atoms with van der Waals surface area (Å²) in [6.45, 7) is 0.567. The topological polar surface area (TPSA) is 35.2 Å². The average molecular weight is 330 g/mol. The van der Waals surface area contributed by atoms with Gasteiger partial charge in [0.1, 0.15) is 12.4 Å². The van der Waals surface area contributed by atoms with Gasteiger partial charge < -0.3 is 10.5 Å². The lowest BCUT2D eigenvalue weighted by molar-refractivity contribution is 0.303. The van der Waals surface area contributed by atoms with E-state index >= 15 is 0 Å². The molecule has 0 aromatic heterocycles.